The average molecular weight is 288 g/mol. The van der Waals surface area contributed by atoms with Gasteiger partial charge in [-0.1, -0.05) is 0 Å². The first-order valence-corrected chi connectivity index (χ1v) is 7.29. The molecule has 108 valence electrons. The molecule has 1 aromatic rings. The van der Waals surface area contributed by atoms with E-state index >= 15 is 0 Å². The Morgan fingerprint density at radius 3 is 2.37 bits per heavy atom. The minimum Gasteiger partial charge on any atom is -0.493 e. The van der Waals surface area contributed by atoms with Gasteiger partial charge in [0.05, 0.1) is 19.1 Å². The first-order chi connectivity index (χ1) is 8.97. The molecule has 0 atom stereocenters. The zero-order valence-corrected chi connectivity index (χ0v) is 12.2. The summed E-state index contributed by atoms with van der Waals surface area (Å²) >= 11 is 0. The summed E-state index contributed by atoms with van der Waals surface area (Å²) in [5.41, 5.74) is 5.38. The molecule has 0 fully saturated rings. The highest BCUT2D eigenvalue weighted by Crippen LogP contribution is 2.30. The first kappa shape index (κ1) is 15.7. The van der Waals surface area contributed by atoms with Crippen LogP contribution in [0.3, 0.4) is 0 Å². The molecule has 0 spiro atoms. The summed E-state index contributed by atoms with van der Waals surface area (Å²) in [6, 6.07) is 4.52. The van der Waals surface area contributed by atoms with Crippen LogP contribution < -0.4 is 15.2 Å². The van der Waals surface area contributed by atoms with Crippen LogP contribution in [0.25, 0.3) is 0 Å². The van der Waals surface area contributed by atoms with E-state index in [4.69, 9.17) is 15.2 Å². The van der Waals surface area contributed by atoms with Gasteiger partial charge in [0.1, 0.15) is 0 Å². The predicted octanol–water partition coefficient (Wildman–Crippen LogP) is 0.673. The standard InChI is InChI=1S/C12H20N2O4S/c1-14(8-4-7-13)19(15,16)10-5-6-11(17-2)12(9-10)18-3/h5-6,9H,4,7-8,13H2,1-3H3. The van der Waals surface area contributed by atoms with Crippen LogP contribution in [0.2, 0.25) is 0 Å². The van der Waals surface area contributed by atoms with Crippen LogP contribution in [0.1, 0.15) is 6.42 Å². The minimum absolute atomic E-state index is 0.171. The van der Waals surface area contributed by atoms with Gasteiger partial charge in [-0.3, -0.25) is 0 Å². The van der Waals surface area contributed by atoms with E-state index in [0.29, 0.717) is 31.0 Å². The van der Waals surface area contributed by atoms with Crippen LogP contribution in [0.15, 0.2) is 23.1 Å². The van der Waals surface area contributed by atoms with Crippen molar-refractivity contribution >= 4 is 10.0 Å². The molecule has 0 amide bonds. The van der Waals surface area contributed by atoms with Crippen LogP contribution in [0.4, 0.5) is 0 Å². The monoisotopic (exact) mass is 288 g/mol. The van der Waals surface area contributed by atoms with Crippen molar-refractivity contribution in [2.45, 2.75) is 11.3 Å². The lowest BCUT2D eigenvalue weighted by Crippen LogP contribution is -2.29. The number of hydrogen-bond acceptors (Lipinski definition) is 5. The molecule has 0 heterocycles. The molecule has 0 radical (unpaired) electrons. The van der Waals surface area contributed by atoms with Crippen molar-refractivity contribution < 1.29 is 17.9 Å². The van der Waals surface area contributed by atoms with Crippen LogP contribution in [-0.2, 0) is 10.0 Å². The minimum atomic E-state index is -3.53. The average Bonchev–Trinajstić information content (AvgIpc) is 2.43. The van der Waals surface area contributed by atoms with Crippen molar-refractivity contribution in [3.63, 3.8) is 0 Å². The molecule has 0 unspecified atom stereocenters. The molecule has 1 aromatic carbocycles. The van der Waals surface area contributed by atoms with Gasteiger partial charge in [0.25, 0.3) is 0 Å². The number of rotatable bonds is 7. The van der Waals surface area contributed by atoms with E-state index in [1.165, 1.54) is 37.7 Å². The van der Waals surface area contributed by atoms with Crippen LogP contribution >= 0.6 is 0 Å². The molecular formula is C12H20N2O4S. The molecule has 0 saturated carbocycles. The van der Waals surface area contributed by atoms with Gasteiger partial charge in [-0.05, 0) is 25.1 Å². The third-order valence-electron chi connectivity index (χ3n) is 2.74. The Morgan fingerprint density at radius 2 is 1.84 bits per heavy atom. The Bertz CT molecular complexity index is 516. The van der Waals surface area contributed by atoms with E-state index in [1.807, 2.05) is 0 Å². The third-order valence-corrected chi connectivity index (χ3v) is 4.59. The van der Waals surface area contributed by atoms with Gasteiger partial charge < -0.3 is 15.2 Å². The molecule has 0 aliphatic rings. The molecule has 2 N–H and O–H groups in total. The van der Waals surface area contributed by atoms with Gasteiger partial charge in [-0.2, -0.15) is 0 Å². The normalized spacial score (nSPS) is 11.6. The largest absolute Gasteiger partial charge is 0.493 e. The maximum absolute atomic E-state index is 12.3. The summed E-state index contributed by atoms with van der Waals surface area (Å²) in [5.74, 6) is 0.877. The molecule has 0 bridgehead atoms. The fourth-order valence-electron chi connectivity index (χ4n) is 1.59. The molecule has 19 heavy (non-hydrogen) atoms. The Labute approximate surface area is 114 Å². The maximum atomic E-state index is 12.3. The van der Waals surface area contributed by atoms with Crippen LogP contribution in [0, 0.1) is 0 Å². The summed E-state index contributed by atoms with van der Waals surface area (Å²) in [4.78, 5) is 0.171. The lowest BCUT2D eigenvalue weighted by Gasteiger charge is -2.17. The Morgan fingerprint density at radius 1 is 1.21 bits per heavy atom. The smallest absolute Gasteiger partial charge is 0.242 e. The number of ether oxygens (including phenoxy) is 2. The van der Waals surface area contributed by atoms with Crippen molar-refractivity contribution in [2.24, 2.45) is 5.73 Å². The lowest BCUT2D eigenvalue weighted by molar-refractivity contribution is 0.353. The highest BCUT2D eigenvalue weighted by atomic mass is 32.2. The first-order valence-electron chi connectivity index (χ1n) is 5.85. The van der Waals surface area contributed by atoms with Gasteiger partial charge in [0.15, 0.2) is 11.5 Å². The summed E-state index contributed by atoms with van der Waals surface area (Å²) in [6.45, 7) is 0.832. The highest BCUT2D eigenvalue weighted by molar-refractivity contribution is 7.89. The molecular weight excluding hydrogens is 268 g/mol. The summed E-state index contributed by atoms with van der Waals surface area (Å²) in [5, 5.41) is 0. The van der Waals surface area contributed by atoms with Gasteiger partial charge in [0, 0.05) is 19.7 Å². The quantitative estimate of drug-likeness (QED) is 0.797. The summed E-state index contributed by atoms with van der Waals surface area (Å²) in [7, 11) is 0.967. The molecule has 0 aliphatic heterocycles. The zero-order chi connectivity index (χ0) is 14.5. The Hall–Kier alpha value is -1.31. The van der Waals surface area contributed by atoms with Crippen molar-refractivity contribution in [3.8, 4) is 11.5 Å². The Balaban J connectivity index is 3.08. The van der Waals surface area contributed by atoms with E-state index in [2.05, 4.69) is 0 Å². The molecule has 0 aromatic heterocycles. The topological polar surface area (TPSA) is 81.9 Å². The fourth-order valence-corrected chi connectivity index (χ4v) is 2.82. The molecule has 0 saturated heterocycles. The SMILES string of the molecule is COc1ccc(S(=O)(=O)N(C)CCCN)cc1OC. The van der Waals surface area contributed by atoms with Gasteiger partial charge in [0.2, 0.25) is 10.0 Å². The van der Waals surface area contributed by atoms with E-state index < -0.39 is 10.0 Å². The highest BCUT2D eigenvalue weighted by Gasteiger charge is 2.21. The number of sulfonamides is 1. The van der Waals surface area contributed by atoms with Crippen LogP contribution in [-0.4, -0.2) is 47.1 Å². The van der Waals surface area contributed by atoms with Gasteiger partial charge in [-0.15, -0.1) is 0 Å². The zero-order valence-electron chi connectivity index (χ0n) is 11.4. The second-order valence-corrected chi connectivity index (χ2v) is 6.03. The molecule has 7 heteroatoms. The van der Waals surface area contributed by atoms with E-state index in [0.717, 1.165) is 0 Å². The van der Waals surface area contributed by atoms with Crippen molar-refractivity contribution in [2.75, 3.05) is 34.4 Å². The second kappa shape index (κ2) is 6.74. The van der Waals surface area contributed by atoms with Gasteiger partial charge >= 0.3 is 0 Å². The molecule has 0 aliphatic carbocycles. The van der Waals surface area contributed by atoms with E-state index in [-0.39, 0.29) is 4.90 Å². The van der Waals surface area contributed by atoms with Crippen molar-refractivity contribution in [3.05, 3.63) is 18.2 Å². The molecule has 1 rings (SSSR count). The van der Waals surface area contributed by atoms with Crippen molar-refractivity contribution in [1.82, 2.24) is 4.31 Å². The van der Waals surface area contributed by atoms with Crippen LogP contribution in [0.5, 0.6) is 11.5 Å². The number of nitrogens with zero attached hydrogens (tertiary/aromatic N) is 1. The maximum Gasteiger partial charge on any atom is 0.242 e. The second-order valence-electron chi connectivity index (χ2n) is 3.99. The molecule has 6 nitrogen and oxygen atoms in total. The Kier molecular flexibility index (Phi) is 5.59. The van der Waals surface area contributed by atoms with E-state index in [1.54, 1.807) is 6.07 Å². The lowest BCUT2D eigenvalue weighted by atomic mass is 10.3. The van der Waals surface area contributed by atoms with E-state index in [9.17, 15) is 8.42 Å². The third kappa shape index (κ3) is 3.59. The fraction of sp³-hybridized carbons (Fsp3) is 0.500. The number of benzene rings is 1. The number of nitrogens with two attached hydrogens (primary N) is 1. The number of methoxy groups -OCH3 is 2. The number of hydrogen-bond donors (Lipinski definition) is 1. The predicted molar refractivity (Wildman–Crippen MR) is 73.0 cm³/mol. The van der Waals surface area contributed by atoms with Gasteiger partial charge in [-0.25, -0.2) is 12.7 Å². The van der Waals surface area contributed by atoms with Crippen molar-refractivity contribution in [1.29, 1.82) is 0 Å². The summed E-state index contributed by atoms with van der Waals surface area (Å²) in [6.07, 6.45) is 0.614. The summed E-state index contributed by atoms with van der Waals surface area (Å²) < 4.78 is 36.1.